The molecule has 5 nitrogen and oxygen atoms in total. The minimum absolute atomic E-state index is 0.743. The molecule has 1 N–H and O–H groups in total. The summed E-state index contributed by atoms with van der Waals surface area (Å²) in [6.07, 6.45) is 0. The van der Waals surface area contributed by atoms with Crippen LogP contribution in [0.4, 0.5) is 16.5 Å². The monoisotopic (exact) mass is 411 g/mol. The lowest BCUT2D eigenvalue weighted by molar-refractivity contribution is 0.195. The molecule has 2 aromatic carbocycles. The zero-order valence-corrected chi connectivity index (χ0v) is 17.9. The van der Waals surface area contributed by atoms with E-state index >= 15 is 0 Å². The van der Waals surface area contributed by atoms with Gasteiger partial charge < -0.3 is 10.2 Å². The maximum atomic E-state index is 5.55. The zero-order valence-electron chi connectivity index (χ0n) is 16.3. The average molecular weight is 412 g/mol. The largest absolute Gasteiger partial charge is 0.369 e. The lowest BCUT2D eigenvalue weighted by atomic mass is 10.1. The Morgan fingerprint density at radius 2 is 1.75 bits per heavy atom. The predicted octanol–water partition coefficient (Wildman–Crippen LogP) is 4.81. The van der Waals surface area contributed by atoms with Gasteiger partial charge in [-0.05, 0) is 61.5 Å². The minimum Gasteiger partial charge on any atom is -0.369 e. The fourth-order valence-corrected chi connectivity index (χ4v) is 4.38. The van der Waals surface area contributed by atoms with E-state index in [4.69, 9.17) is 17.3 Å². The molecule has 1 aliphatic heterocycles. The molecule has 7 heteroatoms. The Labute approximate surface area is 175 Å². The van der Waals surface area contributed by atoms with Crippen LogP contribution in [0.25, 0.3) is 0 Å². The van der Waals surface area contributed by atoms with E-state index in [1.165, 1.54) is 28.2 Å². The third kappa shape index (κ3) is 4.43. The van der Waals surface area contributed by atoms with Crippen molar-refractivity contribution in [1.82, 2.24) is 14.7 Å². The van der Waals surface area contributed by atoms with E-state index in [-0.39, 0.29) is 0 Å². The number of para-hydroxylation sites is 1. The summed E-state index contributed by atoms with van der Waals surface area (Å²) in [5, 5.41) is 8.93. The van der Waals surface area contributed by atoms with Gasteiger partial charge in [0.15, 0.2) is 3.95 Å². The number of anilines is 3. The second-order valence-electron chi connectivity index (χ2n) is 7.18. The molecule has 0 spiro atoms. The van der Waals surface area contributed by atoms with Crippen LogP contribution in [-0.2, 0) is 6.67 Å². The van der Waals surface area contributed by atoms with Crippen molar-refractivity contribution in [3.05, 3.63) is 63.6 Å². The van der Waals surface area contributed by atoms with Crippen molar-refractivity contribution in [2.75, 3.05) is 36.4 Å². The van der Waals surface area contributed by atoms with Crippen molar-refractivity contribution in [3.8, 4) is 0 Å². The van der Waals surface area contributed by atoms with Gasteiger partial charge in [-0.1, -0.05) is 35.6 Å². The molecule has 0 atom stereocenters. The highest BCUT2D eigenvalue weighted by molar-refractivity contribution is 7.73. The van der Waals surface area contributed by atoms with E-state index in [1.54, 1.807) is 0 Å². The molecule has 2 heterocycles. The quantitative estimate of drug-likeness (QED) is 0.610. The molecule has 1 fully saturated rings. The topological polar surface area (TPSA) is 36.3 Å². The highest BCUT2D eigenvalue weighted by atomic mass is 32.1. The van der Waals surface area contributed by atoms with Gasteiger partial charge in [0, 0.05) is 37.6 Å². The molecule has 1 aromatic heterocycles. The van der Waals surface area contributed by atoms with Gasteiger partial charge in [0.25, 0.3) is 0 Å². The maximum Gasteiger partial charge on any atom is 0.209 e. The second-order valence-corrected chi connectivity index (χ2v) is 8.80. The fraction of sp³-hybridized carbons (Fsp3) is 0.333. The van der Waals surface area contributed by atoms with Gasteiger partial charge in [-0.25, -0.2) is 4.68 Å². The molecule has 0 aliphatic carbocycles. The molecule has 28 heavy (non-hydrogen) atoms. The fourth-order valence-electron chi connectivity index (χ4n) is 3.36. The van der Waals surface area contributed by atoms with Crippen molar-refractivity contribution in [1.29, 1.82) is 0 Å². The molecule has 3 aromatic rings. The number of hydrogen-bond acceptors (Lipinski definition) is 6. The van der Waals surface area contributed by atoms with Crippen molar-refractivity contribution < 1.29 is 0 Å². The predicted molar refractivity (Wildman–Crippen MR) is 120 cm³/mol. The summed E-state index contributed by atoms with van der Waals surface area (Å²) in [5.41, 5.74) is 4.91. The molecule has 0 saturated carbocycles. The third-order valence-corrected chi connectivity index (χ3v) is 6.42. The van der Waals surface area contributed by atoms with Gasteiger partial charge in [-0.3, -0.25) is 4.90 Å². The summed E-state index contributed by atoms with van der Waals surface area (Å²) in [6.45, 7) is 9.05. The lowest BCUT2D eigenvalue weighted by Gasteiger charge is -2.35. The average Bonchev–Trinajstić information content (AvgIpc) is 3.05. The Kier molecular flexibility index (Phi) is 5.75. The number of benzene rings is 2. The first-order valence-corrected chi connectivity index (χ1v) is 10.8. The van der Waals surface area contributed by atoms with Crippen molar-refractivity contribution in [2.45, 2.75) is 20.5 Å². The third-order valence-electron chi connectivity index (χ3n) is 5.19. The van der Waals surface area contributed by atoms with Crippen LogP contribution < -0.4 is 10.2 Å². The lowest BCUT2D eigenvalue weighted by Crippen LogP contribution is -2.46. The van der Waals surface area contributed by atoms with E-state index in [9.17, 15) is 0 Å². The first-order valence-electron chi connectivity index (χ1n) is 9.53. The first kappa shape index (κ1) is 19.1. The molecule has 0 unspecified atom stereocenters. The molecular weight excluding hydrogens is 386 g/mol. The minimum atomic E-state index is 0.743. The van der Waals surface area contributed by atoms with Crippen molar-refractivity contribution in [3.63, 3.8) is 0 Å². The number of rotatable bonds is 5. The molecule has 1 saturated heterocycles. The number of nitrogens with one attached hydrogen (secondary N) is 1. The molecule has 146 valence electrons. The summed E-state index contributed by atoms with van der Waals surface area (Å²) in [7, 11) is 0. The van der Waals surface area contributed by atoms with Gasteiger partial charge in [-0.2, -0.15) is 0 Å². The van der Waals surface area contributed by atoms with E-state index < -0.39 is 0 Å². The molecule has 0 bridgehead atoms. The van der Waals surface area contributed by atoms with E-state index in [0.29, 0.717) is 0 Å². The van der Waals surface area contributed by atoms with Gasteiger partial charge in [0.05, 0.1) is 6.67 Å². The number of aryl methyl sites for hydroxylation is 2. The molecule has 0 radical (unpaired) electrons. The number of piperazine rings is 1. The van der Waals surface area contributed by atoms with E-state index in [2.05, 4.69) is 77.5 Å². The van der Waals surface area contributed by atoms with Crippen LogP contribution in [-0.4, -0.2) is 40.9 Å². The van der Waals surface area contributed by atoms with E-state index in [0.717, 1.165) is 47.6 Å². The number of aromatic nitrogens is 2. The Morgan fingerprint density at radius 3 is 2.46 bits per heavy atom. The Morgan fingerprint density at radius 1 is 1.00 bits per heavy atom. The smallest absolute Gasteiger partial charge is 0.209 e. The highest BCUT2D eigenvalue weighted by Crippen LogP contribution is 2.23. The summed E-state index contributed by atoms with van der Waals surface area (Å²) < 4.78 is 2.73. The van der Waals surface area contributed by atoms with E-state index in [1.807, 2.05) is 4.68 Å². The summed E-state index contributed by atoms with van der Waals surface area (Å²) >= 11 is 7.07. The van der Waals surface area contributed by atoms with Gasteiger partial charge in [0.1, 0.15) is 0 Å². The van der Waals surface area contributed by atoms with Crippen LogP contribution in [0.2, 0.25) is 0 Å². The zero-order chi connectivity index (χ0) is 19.5. The number of hydrogen-bond donors (Lipinski definition) is 1. The summed E-state index contributed by atoms with van der Waals surface area (Å²) in [4.78, 5) is 4.85. The molecule has 4 rings (SSSR count). The second kappa shape index (κ2) is 8.43. The van der Waals surface area contributed by atoms with Gasteiger partial charge in [0.2, 0.25) is 5.13 Å². The Balaban J connectivity index is 1.37. The Hall–Kier alpha value is -2.22. The van der Waals surface area contributed by atoms with Gasteiger partial charge >= 0.3 is 0 Å². The standard InChI is InChI=1S/C21H25N5S2/c1-16-8-9-18(14-17(16)2)22-20-23-26(21(27)28-20)15-24-10-12-25(13-11-24)19-6-4-3-5-7-19/h3-9,14H,10-13,15H2,1-2H3,(H,22,23). The first-order chi connectivity index (χ1) is 13.6. The van der Waals surface area contributed by atoms with Crippen LogP contribution in [0.5, 0.6) is 0 Å². The van der Waals surface area contributed by atoms with Crippen LogP contribution in [0.3, 0.4) is 0 Å². The molecule has 0 amide bonds. The Bertz CT molecular complexity index is 988. The maximum absolute atomic E-state index is 5.55. The summed E-state index contributed by atoms with van der Waals surface area (Å²) in [6, 6.07) is 17.0. The highest BCUT2D eigenvalue weighted by Gasteiger charge is 2.18. The molecule has 1 aliphatic rings. The van der Waals surface area contributed by atoms with Crippen LogP contribution in [0.15, 0.2) is 48.5 Å². The van der Waals surface area contributed by atoms with Crippen molar-refractivity contribution >= 4 is 40.1 Å². The molecular formula is C21H25N5S2. The van der Waals surface area contributed by atoms with Crippen LogP contribution in [0, 0.1) is 17.8 Å². The summed E-state index contributed by atoms with van der Waals surface area (Å²) in [5.74, 6) is 0. The van der Waals surface area contributed by atoms with Crippen molar-refractivity contribution in [2.24, 2.45) is 0 Å². The van der Waals surface area contributed by atoms with Gasteiger partial charge in [-0.15, -0.1) is 5.10 Å². The van der Waals surface area contributed by atoms with Crippen LogP contribution >= 0.6 is 23.6 Å². The normalized spacial score (nSPS) is 15.0. The van der Waals surface area contributed by atoms with Crippen LogP contribution in [0.1, 0.15) is 11.1 Å². The SMILES string of the molecule is Cc1ccc(Nc2nn(CN3CCN(c4ccccc4)CC3)c(=S)s2)cc1C. The number of nitrogens with zero attached hydrogens (tertiary/aromatic N) is 4.